The van der Waals surface area contributed by atoms with E-state index in [9.17, 15) is 0 Å². The third kappa shape index (κ3) is 5.85. The minimum atomic E-state index is 0.706. The lowest BCUT2D eigenvalue weighted by atomic mass is 9.94. The summed E-state index contributed by atoms with van der Waals surface area (Å²) in [5.74, 6) is 0.706. The molecule has 0 aliphatic carbocycles. The van der Waals surface area contributed by atoms with E-state index in [-0.39, 0.29) is 0 Å². The van der Waals surface area contributed by atoms with Crippen molar-refractivity contribution < 1.29 is 0 Å². The molecule has 0 spiro atoms. The van der Waals surface area contributed by atoms with Crippen LogP contribution in [0.5, 0.6) is 0 Å². The van der Waals surface area contributed by atoms with E-state index < -0.39 is 0 Å². The van der Waals surface area contributed by atoms with E-state index in [0.29, 0.717) is 5.82 Å². The molecule has 9 aromatic carbocycles. The van der Waals surface area contributed by atoms with Gasteiger partial charge in [-0.2, -0.15) is 0 Å². The molecule has 3 heteroatoms. The summed E-state index contributed by atoms with van der Waals surface area (Å²) in [6, 6.07) is 75.8. The van der Waals surface area contributed by atoms with Crippen LogP contribution in [-0.4, -0.2) is 14.5 Å². The third-order valence-electron chi connectivity index (χ3n) is 11.2. The van der Waals surface area contributed by atoms with Gasteiger partial charge in [0, 0.05) is 33.2 Å². The predicted octanol–water partition coefficient (Wildman–Crippen LogP) is 14.2. The van der Waals surface area contributed by atoms with Crippen molar-refractivity contribution in [1.29, 1.82) is 0 Å². The lowest BCUT2D eigenvalue weighted by Gasteiger charge is -2.14. The Morgan fingerprint density at radius 2 is 0.807 bits per heavy atom. The molecule has 0 bridgehead atoms. The standard InChI is InChI=1S/C54H35N3/c1-3-13-36(14-4-1)44-33-42-17-7-8-18-46(42)49(34-44)51-35-50(55-54(56-51)38-15-5-2-6-16-38)43-26-25-40-31-39(23-24-41(40)32-43)37-27-29-45(30-28-37)57-52-21-11-9-19-47(52)48-20-10-12-22-53(48)57/h1-35H. The van der Waals surface area contributed by atoms with E-state index in [1.54, 1.807) is 0 Å². The second-order valence-electron chi connectivity index (χ2n) is 14.6. The SMILES string of the molecule is c1ccc(-c2cc(-c3cc(-c4ccc5cc(-c6ccc(-n7c8ccccc8c8ccccc87)cc6)ccc5c4)nc(-c4ccccc4)n3)c3ccccc3c2)cc1. The first-order valence-corrected chi connectivity index (χ1v) is 19.4. The van der Waals surface area contributed by atoms with Crippen molar-refractivity contribution in [2.24, 2.45) is 0 Å². The number of para-hydroxylation sites is 2. The van der Waals surface area contributed by atoms with Crippen molar-refractivity contribution in [2.45, 2.75) is 0 Å². The van der Waals surface area contributed by atoms with E-state index in [1.807, 2.05) is 18.2 Å². The molecule has 0 radical (unpaired) electrons. The summed E-state index contributed by atoms with van der Waals surface area (Å²) < 4.78 is 2.36. The zero-order valence-electron chi connectivity index (χ0n) is 31.0. The molecule has 0 saturated carbocycles. The van der Waals surface area contributed by atoms with Crippen molar-refractivity contribution >= 4 is 43.4 Å². The zero-order chi connectivity index (χ0) is 37.7. The van der Waals surface area contributed by atoms with Gasteiger partial charge in [0.25, 0.3) is 0 Å². The molecule has 0 aliphatic heterocycles. The number of hydrogen-bond acceptors (Lipinski definition) is 2. The summed E-state index contributed by atoms with van der Waals surface area (Å²) in [4.78, 5) is 10.4. The van der Waals surface area contributed by atoms with Crippen molar-refractivity contribution in [3.8, 4) is 61.8 Å². The van der Waals surface area contributed by atoms with Crippen molar-refractivity contribution in [3.63, 3.8) is 0 Å². The summed E-state index contributed by atoms with van der Waals surface area (Å²) in [7, 11) is 0. The molecular weight excluding hydrogens is 691 g/mol. The van der Waals surface area contributed by atoms with Gasteiger partial charge in [-0.15, -0.1) is 0 Å². The highest BCUT2D eigenvalue weighted by molar-refractivity contribution is 6.09. The average molecular weight is 726 g/mol. The Balaban J connectivity index is 0.984. The number of fused-ring (bicyclic) bond motifs is 5. The van der Waals surface area contributed by atoms with Gasteiger partial charge in [0.15, 0.2) is 5.82 Å². The van der Waals surface area contributed by atoms with Crippen LogP contribution in [0.2, 0.25) is 0 Å². The lowest BCUT2D eigenvalue weighted by Crippen LogP contribution is -1.97. The molecule has 0 fully saturated rings. The molecule has 57 heavy (non-hydrogen) atoms. The second kappa shape index (κ2) is 13.6. The molecule has 0 saturated heterocycles. The molecule has 2 heterocycles. The maximum Gasteiger partial charge on any atom is 0.160 e. The van der Waals surface area contributed by atoms with Gasteiger partial charge in [0.2, 0.25) is 0 Å². The van der Waals surface area contributed by atoms with Crippen molar-refractivity contribution in [3.05, 3.63) is 212 Å². The molecule has 3 nitrogen and oxygen atoms in total. The van der Waals surface area contributed by atoms with Crippen LogP contribution in [0, 0.1) is 0 Å². The Kier molecular flexibility index (Phi) is 7.82. The smallest absolute Gasteiger partial charge is 0.160 e. The molecule has 11 aromatic rings. The monoisotopic (exact) mass is 725 g/mol. The van der Waals surface area contributed by atoms with Crippen LogP contribution in [0.4, 0.5) is 0 Å². The van der Waals surface area contributed by atoms with Gasteiger partial charge in [0.05, 0.1) is 22.4 Å². The normalized spacial score (nSPS) is 11.5. The third-order valence-corrected chi connectivity index (χ3v) is 11.2. The van der Waals surface area contributed by atoms with Crippen LogP contribution in [0.25, 0.3) is 105 Å². The zero-order valence-corrected chi connectivity index (χ0v) is 31.0. The van der Waals surface area contributed by atoms with Gasteiger partial charge in [-0.05, 0) is 98.4 Å². The number of hydrogen-bond donors (Lipinski definition) is 0. The van der Waals surface area contributed by atoms with Crippen molar-refractivity contribution in [1.82, 2.24) is 14.5 Å². The van der Waals surface area contributed by atoms with E-state index in [1.165, 1.54) is 49.3 Å². The molecule has 11 rings (SSSR count). The predicted molar refractivity (Wildman–Crippen MR) is 239 cm³/mol. The van der Waals surface area contributed by atoms with E-state index in [0.717, 1.165) is 50.1 Å². The van der Waals surface area contributed by atoms with Crippen LogP contribution in [0.3, 0.4) is 0 Å². The molecule has 0 unspecified atom stereocenters. The second-order valence-corrected chi connectivity index (χ2v) is 14.6. The topological polar surface area (TPSA) is 30.7 Å². The fourth-order valence-corrected chi connectivity index (χ4v) is 8.36. The van der Waals surface area contributed by atoms with Crippen molar-refractivity contribution in [2.75, 3.05) is 0 Å². The summed E-state index contributed by atoms with van der Waals surface area (Å²) in [6.45, 7) is 0. The Morgan fingerprint density at radius 3 is 1.51 bits per heavy atom. The van der Waals surface area contributed by atoms with Crippen LogP contribution in [0.15, 0.2) is 212 Å². The van der Waals surface area contributed by atoms with E-state index in [4.69, 9.17) is 9.97 Å². The average Bonchev–Trinajstić information content (AvgIpc) is 3.63. The summed E-state index contributed by atoms with van der Waals surface area (Å²) in [6.07, 6.45) is 0. The quantitative estimate of drug-likeness (QED) is 0.171. The van der Waals surface area contributed by atoms with Gasteiger partial charge in [-0.25, -0.2) is 9.97 Å². The highest BCUT2D eigenvalue weighted by Crippen LogP contribution is 2.37. The molecule has 0 atom stereocenters. The molecule has 2 aromatic heterocycles. The minimum absolute atomic E-state index is 0.706. The number of aromatic nitrogens is 3. The lowest BCUT2D eigenvalue weighted by molar-refractivity contribution is 1.18. The number of rotatable bonds is 6. The fourth-order valence-electron chi connectivity index (χ4n) is 8.36. The summed E-state index contributed by atoms with van der Waals surface area (Å²) in [5, 5.41) is 7.23. The van der Waals surface area contributed by atoms with Gasteiger partial charge in [0.1, 0.15) is 0 Å². The van der Waals surface area contributed by atoms with Gasteiger partial charge in [-0.3, -0.25) is 0 Å². The van der Waals surface area contributed by atoms with Crippen LogP contribution in [0.1, 0.15) is 0 Å². The Morgan fingerprint density at radius 1 is 0.298 bits per heavy atom. The first-order valence-electron chi connectivity index (χ1n) is 19.4. The van der Waals surface area contributed by atoms with E-state index >= 15 is 0 Å². The van der Waals surface area contributed by atoms with Gasteiger partial charge < -0.3 is 4.57 Å². The first kappa shape index (κ1) is 32.8. The molecule has 0 aliphatic rings. The maximum absolute atomic E-state index is 5.23. The summed E-state index contributed by atoms with van der Waals surface area (Å²) >= 11 is 0. The Labute approximate surface area is 330 Å². The minimum Gasteiger partial charge on any atom is -0.309 e. The highest BCUT2D eigenvalue weighted by Gasteiger charge is 2.16. The van der Waals surface area contributed by atoms with Crippen LogP contribution in [-0.2, 0) is 0 Å². The number of benzene rings is 9. The molecular formula is C54H35N3. The van der Waals surface area contributed by atoms with Gasteiger partial charge >= 0.3 is 0 Å². The molecule has 0 N–H and O–H groups in total. The molecule has 0 amide bonds. The van der Waals surface area contributed by atoms with Gasteiger partial charge in [-0.1, -0.05) is 158 Å². The largest absolute Gasteiger partial charge is 0.309 e. The first-order chi connectivity index (χ1) is 28.2. The molecule has 266 valence electrons. The highest BCUT2D eigenvalue weighted by atomic mass is 15.0. The Bertz CT molecular complexity index is 3220. The van der Waals surface area contributed by atoms with E-state index in [2.05, 4.69) is 199 Å². The fraction of sp³-hybridized carbons (Fsp3) is 0. The maximum atomic E-state index is 5.23. The van der Waals surface area contributed by atoms with Crippen LogP contribution < -0.4 is 0 Å². The van der Waals surface area contributed by atoms with Crippen LogP contribution >= 0.6 is 0 Å². The Hall–Kier alpha value is -7.62. The number of nitrogens with zero attached hydrogens (tertiary/aromatic N) is 3. The summed E-state index contributed by atoms with van der Waals surface area (Å²) in [5.41, 5.74) is 13.2.